The minimum absolute atomic E-state index is 0.249. The van der Waals surface area contributed by atoms with E-state index >= 15 is 0 Å². The standard InChI is InChI=1S/C17H21FN2OS/c18-14-5-7-16(8-6-14)21-12-17-19-15(13-22-17)11-20-9-3-1-2-4-10-20/h5-8,13H,1-4,9-12H2. The van der Waals surface area contributed by atoms with E-state index in [0.717, 1.165) is 17.2 Å². The van der Waals surface area contributed by atoms with Gasteiger partial charge >= 0.3 is 0 Å². The van der Waals surface area contributed by atoms with Crippen LogP contribution in [0.3, 0.4) is 0 Å². The molecule has 5 heteroatoms. The Bertz CT molecular complexity index is 577. The van der Waals surface area contributed by atoms with Gasteiger partial charge in [0.1, 0.15) is 23.2 Å². The Morgan fingerprint density at radius 3 is 2.55 bits per heavy atom. The van der Waals surface area contributed by atoms with Gasteiger partial charge in [-0.1, -0.05) is 12.8 Å². The maximum absolute atomic E-state index is 12.8. The average Bonchev–Trinajstić information content (AvgIpc) is 2.81. The van der Waals surface area contributed by atoms with Gasteiger partial charge in [-0.25, -0.2) is 9.37 Å². The van der Waals surface area contributed by atoms with Crippen molar-refractivity contribution >= 4 is 11.3 Å². The number of hydrogen-bond donors (Lipinski definition) is 0. The van der Waals surface area contributed by atoms with Crippen LogP contribution in [0.2, 0.25) is 0 Å². The van der Waals surface area contributed by atoms with Gasteiger partial charge < -0.3 is 4.74 Å². The SMILES string of the molecule is Fc1ccc(OCc2nc(CN3CCCCCC3)cs2)cc1. The molecule has 0 radical (unpaired) electrons. The lowest BCUT2D eigenvalue weighted by Gasteiger charge is -2.17. The largest absolute Gasteiger partial charge is 0.486 e. The number of nitrogens with zero attached hydrogens (tertiary/aromatic N) is 2. The summed E-state index contributed by atoms with van der Waals surface area (Å²) in [7, 11) is 0. The van der Waals surface area contributed by atoms with Crippen LogP contribution >= 0.6 is 11.3 Å². The number of hydrogen-bond acceptors (Lipinski definition) is 4. The maximum Gasteiger partial charge on any atom is 0.140 e. The fourth-order valence-electron chi connectivity index (χ4n) is 2.69. The molecule has 0 unspecified atom stereocenters. The van der Waals surface area contributed by atoms with Crippen molar-refractivity contribution in [3.63, 3.8) is 0 Å². The molecular weight excluding hydrogens is 299 g/mol. The highest BCUT2D eigenvalue weighted by molar-refractivity contribution is 7.09. The van der Waals surface area contributed by atoms with Gasteiger partial charge in [0.25, 0.3) is 0 Å². The summed E-state index contributed by atoms with van der Waals surface area (Å²) < 4.78 is 18.5. The molecule has 0 aliphatic carbocycles. The van der Waals surface area contributed by atoms with Crippen molar-refractivity contribution in [1.82, 2.24) is 9.88 Å². The molecule has 1 aliphatic heterocycles. The summed E-state index contributed by atoms with van der Waals surface area (Å²) in [6.07, 6.45) is 5.30. The van der Waals surface area contributed by atoms with Gasteiger partial charge in [-0.2, -0.15) is 0 Å². The monoisotopic (exact) mass is 320 g/mol. The second-order valence-corrected chi connectivity index (χ2v) is 6.61. The van der Waals surface area contributed by atoms with E-state index in [4.69, 9.17) is 4.74 Å². The van der Waals surface area contributed by atoms with Crippen molar-refractivity contribution in [2.75, 3.05) is 13.1 Å². The highest BCUT2D eigenvalue weighted by Gasteiger charge is 2.11. The third-order valence-corrected chi connectivity index (χ3v) is 4.73. The highest BCUT2D eigenvalue weighted by atomic mass is 32.1. The Kier molecular flexibility index (Phi) is 5.40. The summed E-state index contributed by atoms with van der Waals surface area (Å²) in [6, 6.07) is 6.09. The maximum atomic E-state index is 12.8. The molecule has 118 valence electrons. The lowest BCUT2D eigenvalue weighted by atomic mass is 10.2. The van der Waals surface area contributed by atoms with E-state index in [1.165, 1.54) is 50.9 Å². The minimum Gasteiger partial charge on any atom is -0.486 e. The molecule has 0 N–H and O–H groups in total. The van der Waals surface area contributed by atoms with Gasteiger partial charge in [0, 0.05) is 11.9 Å². The van der Waals surface area contributed by atoms with E-state index in [1.807, 2.05) is 0 Å². The van der Waals surface area contributed by atoms with E-state index in [2.05, 4.69) is 15.3 Å². The number of ether oxygens (including phenoxy) is 1. The molecule has 2 aromatic rings. The van der Waals surface area contributed by atoms with Gasteiger partial charge in [-0.05, 0) is 50.2 Å². The topological polar surface area (TPSA) is 25.4 Å². The molecule has 1 fully saturated rings. The Morgan fingerprint density at radius 2 is 1.82 bits per heavy atom. The van der Waals surface area contributed by atoms with Crippen molar-refractivity contribution in [2.45, 2.75) is 38.8 Å². The van der Waals surface area contributed by atoms with Crippen molar-refractivity contribution in [2.24, 2.45) is 0 Å². The predicted octanol–water partition coefficient (Wildman–Crippen LogP) is 4.24. The molecule has 0 atom stereocenters. The van der Waals surface area contributed by atoms with E-state index in [0.29, 0.717) is 12.4 Å². The van der Waals surface area contributed by atoms with Crippen LogP contribution in [0, 0.1) is 5.82 Å². The van der Waals surface area contributed by atoms with Crippen LogP contribution in [-0.2, 0) is 13.2 Å². The molecule has 1 saturated heterocycles. The van der Waals surface area contributed by atoms with Crippen LogP contribution in [0.25, 0.3) is 0 Å². The Labute approximate surface area is 134 Å². The fraction of sp³-hybridized carbons (Fsp3) is 0.471. The van der Waals surface area contributed by atoms with Crippen molar-refractivity contribution in [1.29, 1.82) is 0 Å². The molecule has 0 amide bonds. The van der Waals surface area contributed by atoms with Crippen LogP contribution in [-0.4, -0.2) is 23.0 Å². The molecule has 3 rings (SSSR count). The Balaban J connectivity index is 1.51. The first kappa shape index (κ1) is 15.4. The second-order valence-electron chi connectivity index (χ2n) is 5.67. The zero-order valence-electron chi connectivity index (χ0n) is 12.6. The van der Waals surface area contributed by atoms with Crippen LogP contribution in [0.4, 0.5) is 4.39 Å². The zero-order chi connectivity index (χ0) is 15.2. The van der Waals surface area contributed by atoms with Crippen LogP contribution < -0.4 is 4.74 Å². The number of benzene rings is 1. The van der Waals surface area contributed by atoms with Gasteiger partial charge in [-0.3, -0.25) is 4.90 Å². The molecule has 0 spiro atoms. The molecule has 3 nitrogen and oxygen atoms in total. The van der Waals surface area contributed by atoms with Crippen LogP contribution in [0.15, 0.2) is 29.6 Å². The molecule has 0 bridgehead atoms. The highest BCUT2D eigenvalue weighted by Crippen LogP contribution is 2.18. The lowest BCUT2D eigenvalue weighted by molar-refractivity contribution is 0.272. The third kappa shape index (κ3) is 4.52. The van der Waals surface area contributed by atoms with Gasteiger partial charge in [0.05, 0.1) is 5.69 Å². The predicted molar refractivity (Wildman–Crippen MR) is 86.6 cm³/mol. The molecule has 2 heterocycles. The quantitative estimate of drug-likeness (QED) is 0.824. The average molecular weight is 320 g/mol. The summed E-state index contributed by atoms with van der Waals surface area (Å²) in [6.45, 7) is 3.74. The number of aromatic nitrogens is 1. The van der Waals surface area contributed by atoms with E-state index in [-0.39, 0.29) is 5.82 Å². The number of likely N-dealkylation sites (tertiary alicyclic amines) is 1. The number of rotatable bonds is 5. The van der Waals surface area contributed by atoms with Gasteiger partial charge in [-0.15, -0.1) is 11.3 Å². The first-order valence-corrected chi connectivity index (χ1v) is 8.71. The lowest BCUT2D eigenvalue weighted by Crippen LogP contribution is -2.24. The van der Waals surface area contributed by atoms with Crippen LogP contribution in [0.5, 0.6) is 5.75 Å². The van der Waals surface area contributed by atoms with Crippen molar-refractivity contribution in [3.05, 3.63) is 46.2 Å². The van der Waals surface area contributed by atoms with Crippen molar-refractivity contribution in [3.8, 4) is 5.75 Å². The number of thiazole rings is 1. The fourth-order valence-corrected chi connectivity index (χ4v) is 3.38. The third-order valence-electron chi connectivity index (χ3n) is 3.86. The zero-order valence-corrected chi connectivity index (χ0v) is 13.4. The normalized spacial score (nSPS) is 16.4. The van der Waals surface area contributed by atoms with Crippen molar-refractivity contribution < 1.29 is 9.13 Å². The molecule has 0 saturated carbocycles. The minimum atomic E-state index is -0.249. The number of halogens is 1. The summed E-state index contributed by atoms with van der Waals surface area (Å²) in [5, 5.41) is 3.09. The molecular formula is C17H21FN2OS. The summed E-state index contributed by atoms with van der Waals surface area (Å²) in [5.74, 6) is 0.423. The summed E-state index contributed by atoms with van der Waals surface area (Å²) in [4.78, 5) is 7.14. The first-order chi connectivity index (χ1) is 10.8. The van der Waals surface area contributed by atoms with Gasteiger partial charge in [0.2, 0.25) is 0 Å². The summed E-state index contributed by atoms with van der Waals surface area (Å²) in [5.41, 5.74) is 1.13. The smallest absolute Gasteiger partial charge is 0.140 e. The Morgan fingerprint density at radius 1 is 1.09 bits per heavy atom. The molecule has 22 heavy (non-hydrogen) atoms. The van der Waals surface area contributed by atoms with Gasteiger partial charge in [0.15, 0.2) is 0 Å². The molecule has 1 aliphatic rings. The van der Waals surface area contributed by atoms with Crippen LogP contribution in [0.1, 0.15) is 36.4 Å². The Hall–Kier alpha value is -1.46. The van der Waals surface area contributed by atoms with E-state index in [1.54, 1.807) is 23.5 Å². The first-order valence-electron chi connectivity index (χ1n) is 7.83. The summed E-state index contributed by atoms with van der Waals surface area (Å²) >= 11 is 1.63. The second kappa shape index (κ2) is 7.70. The molecule has 1 aromatic heterocycles. The van der Waals surface area contributed by atoms with E-state index < -0.39 is 0 Å². The molecule has 1 aromatic carbocycles. The van der Waals surface area contributed by atoms with E-state index in [9.17, 15) is 4.39 Å².